The van der Waals surface area contributed by atoms with Crippen LogP contribution in [0.5, 0.6) is 0 Å². The van der Waals surface area contributed by atoms with Crippen LogP contribution in [0.15, 0.2) is 24.3 Å². The molecular formula is C16H23FN2O2. The van der Waals surface area contributed by atoms with Crippen LogP contribution in [-0.2, 0) is 4.79 Å². The first-order chi connectivity index (χ1) is 9.99. The number of halogens is 1. The van der Waals surface area contributed by atoms with Crippen LogP contribution in [0.4, 0.5) is 10.1 Å². The van der Waals surface area contributed by atoms with Crippen molar-refractivity contribution in [3.8, 4) is 0 Å². The number of hydrogen-bond acceptors (Lipinski definition) is 3. The molecule has 0 aliphatic heterocycles. The van der Waals surface area contributed by atoms with Gasteiger partial charge in [-0.15, -0.1) is 0 Å². The Labute approximate surface area is 125 Å². The van der Waals surface area contributed by atoms with E-state index in [-0.39, 0.29) is 17.8 Å². The molecule has 0 heterocycles. The van der Waals surface area contributed by atoms with Crippen LogP contribution < -0.4 is 4.90 Å². The van der Waals surface area contributed by atoms with Crippen molar-refractivity contribution in [1.82, 2.24) is 4.90 Å². The molecule has 4 nitrogen and oxygen atoms in total. The Hall–Kier alpha value is -1.46. The lowest BCUT2D eigenvalue weighted by atomic mass is 9.82. The summed E-state index contributed by atoms with van der Waals surface area (Å²) in [5.41, 5.74) is 0.719. The molecule has 1 saturated carbocycles. The SMILES string of the molecule is CCN(C(=O)CN(C)CC1CC(O)C1)c1ccc(F)cc1. The van der Waals surface area contributed by atoms with Gasteiger partial charge in [-0.25, -0.2) is 4.39 Å². The second kappa shape index (κ2) is 7.00. The zero-order chi connectivity index (χ0) is 15.4. The summed E-state index contributed by atoms with van der Waals surface area (Å²) in [4.78, 5) is 16.0. The Balaban J connectivity index is 1.89. The molecule has 1 aliphatic rings. The first kappa shape index (κ1) is 15.9. The smallest absolute Gasteiger partial charge is 0.241 e. The molecule has 0 aromatic heterocycles. The summed E-state index contributed by atoms with van der Waals surface area (Å²) in [7, 11) is 1.92. The molecule has 0 spiro atoms. The van der Waals surface area contributed by atoms with E-state index < -0.39 is 0 Å². The average Bonchev–Trinajstić information content (AvgIpc) is 2.40. The molecule has 1 aromatic rings. The normalized spacial score (nSPS) is 21.2. The molecule has 0 atom stereocenters. The van der Waals surface area contributed by atoms with Crippen LogP contribution in [0.25, 0.3) is 0 Å². The van der Waals surface area contributed by atoms with Gasteiger partial charge in [0.2, 0.25) is 5.91 Å². The summed E-state index contributed by atoms with van der Waals surface area (Å²) in [6.07, 6.45) is 1.49. The standard InChI is InChI=1S/C16H23FN2O2/c1-3-19(14-6-4-13(17)5-7-14)16(21)11-18(2)10-12-8-15(20)9-12/h4-7,12,15,20H,3,8-11H2,1-2H3. The van der Waals surface area contributed by atoms with Crippen LogP contribution in [0, 0.1) is 11.7 Å². The summed E-state index contributed by atoms with van der Waals surface area (Å²) >= 11 is 0. The number of nitrogens with zero attached hydrogens (tertiary/aromatic N) is 2. The van der Waals surface area contributed by atoms with E-state index in [1.54, 1.807) is 17.0 Å². The predicted octanol–water partition coefficient (Wildman–Crippen LogP) is 1.88. The van der Waals surface area contributed by atoms with Crippen molar-refractivity contribution in [2.45, 2.75) is 25.9 Å². The molecule has 5 heteroatoms. The summed E-state index contributed by atoms with van der Waals surface area (Å²) in [6.45, 7) is 3.62. The molecule has 1 aliphatic carbocycles. The third-order valence-corrected chi connectivity index (χ3v) is 3.94. The number of benzene rings is 1. The van der Waals surface area contributed by atoms with E-state index in [2.05, 4.69) is 0 Å². The molecule has 1 N–H and O–H groups in total. The lowest BCUT2D eigenvalue weighted by Crippen LogP contribution is -2.43. The Morgan fingerprint density at radius 2 is 1.95 bits per heavy atom. The monoisotopic (exact) mass is 294 g/mol. The fourth-order valence-corrected chi connectivity index (χ4v) is 2.80. The van der Waals surface area contributed by atoms with Gasteiger partial charge >= 0.3 is 0 Å². The van der Waals surface area contributed by atoms with Crippen LogP contribution in [-0.4, -0.2) is 48.7 Å². The van der Waals surface area contributed by atoms with Gasteiger partial charge in [-0.3, -0.25) is 9.69 Å². The highest BCUT2D eigenvalue weighted by Gasteiger charge is 2.28. The van der Waals surface area contributed by atoms with Gasteiger partial charge in [-0.05, 0) is 57.0 Å². The minimum absolute atomic E-state index is 0.00600. The molecular weight excluding hydrogens is 271 g/mol. The highest BCUT2D eigenvalue weighted by Crippen LogP contribution is 2.27. The molecule has 2 rings (SSSR count). The highest BCUT2D eigenvalue weighted by atomic mass is 19.1. The first-order valence-corrected chi connectivity index (χ1v) is 7.42. The maximum Gasteiger partial charge on any atom is 0.241 e. The van der Waals surface area contributed by atoms with Crippen molar-refractivity contribution in [3.63, 3.8) is 0 Å². The van der Waals surface area contributed by atoms with Gasteiger partial charge in [0.15, 0.2) is 0 Å². The third kappa shape index (κ3) is 4.25. The molecule has 1 aromatic carbocycles. The number of amides is 1. The lowest BCUT2D eigenvalue weighted by Gasteiger charge is -2.34. The summed E-state index contributed by atoms with van der Waals surface area (Å²) in [6, 6.07) is 5.98. The molecule has 0 radical (unpaired) electrons. The Morgan fingerprint density at radius 1 is 1.33 bits per heavy atom. The van der Waals surface area contributed by atoms with Crippen molar-refractivity contribution in [1.29, 1.82) is 0 Å². The molecule has 0 saturated heterocycles. The number of aliphatic hydroxyl groups is 1. The number of aliphatic hydroxyl groups excluding tert-OH is 1. The number of carbonyl (C=O) groups excluding carboxylic acids is 1. The predicted molar refractivity (Wildman–Crippen MR) is 80.7 cm³/mol. The van der Waals surface area contributed by atoms with Gasteiger partial charge in [0.25, 0.3) is 0 Å². The lowest BCUT2D eigenvalue weighted by molar-refractivity contribution is -0.119. The van der Waals surface area contributed by atoms with E-state index in [1.165, 1.54) is 12.1 Å². The van der Waals surface area contributed by atoms with Gasteiger partial charge in [-0.1, -0.05) is 0 Å². The summed E-state index contributed by atoms with van der Waals surface area (Å²) in [5, 5.41) is 9.29. The fourth-order valence-electron chi connectivity index (χ4n) is 2.80. The zero-order valence-electron chi connectivity index (χ0n) is 12.6. The van der Waals surface area contributed by atoms with E-state index in [9.17, 15) is 14.3 Å². The molecule has 116 valence electrons. The second-order valence-electron chi connectivity index (χ2n) is 5.80. The number of carbonyl (C=O) groups is 1. The Kier molecular flexibility index (Phi) is 5.31. The second-order valence-corrected chi connectivity index (χ2v) is 5.80. The highest BCUT2D eigenvalue weighted by molar-refractivity contribution is 5.94. The Morgan fingerprint density at radius 3 is 2.48 bits per heavy atom. The van der Waals surface area contributed by atoms with Crippen molar-refractivity contribution in [2.75, 3.05) is 31.6 Å². The summed E-state index contributed by atoms with van der Waals surface area (Å²) < 4.78 is 13.0. The van der Waals surface area contributed by atoms with Gasteiger partial charge in [-0.2, -0.15) is 0 Å². The van der Waals surface area contributed by atoms with Gasteiger partial charge in [0.05, 0.1) is 12.6 Å². The van der Waals surface area contributed by atoms with Crippen LogP contribution >= 0.6 is 0 Å². The van der Waals surface area contributed by atoms with Crippen LogP contribution in [0.1, 0.15) is 19.8 Å². The van der Waals surface area contributed by atoms with Crippen molar-refractivity contribution in [3.05, 3.63) is 30.1 Å². The Bertz CT molecular complexity index is 472. The van der Waals surface area contributed by atoms with E-state index >= 15 is 0 Å². The first-order valence-electron chi connectivity index (χ1n) is 7.42. The van der Waals surface area contributed by atoms with Crippen molar-refractivity contribution in [2.24, 2.45) is 5.92 Å². The van der Waals surface area contributed by atoms with E-state index in [0.29, 0.717) is 19.0 Å². The van der Waals surface area contributed by atoms with Gasteiger partial charge in [0.1, 0.15) is 5.82 Å². The minimum atomic E-state index is -0.303. The van der Waals surface area contributed by atoms with E-state index in [4.69, 9.17) is 0 Å². The van der Waals surface area contributed by atoms with Gasteiger partial charge in [0, 0.05) is 18.8 Å². The van der Waals surface area contributed by atoms with Crippen molar-refractivity contribution >= 4 is 11.6 Å². The third-order valence-electron chi connectivity index (χ3n) is 3.94. The maximum atomic E-state index is 13.0. The topological polar surface area (TPSA) is 43.8 Å². The molecule has 0 unspecified atom stereocenters. The number of rotatable bonds is 6. The van der Waals surface area contributed by atoms with Crippen LogP contribution in [0.2, 0.25) is 0 Å². The number of anilines is 1. The average molecular weight is 294 g/mol. The minimum Gasteiger partial charge on any atom is -0.393 e. The quantitative estimate of drug-likeness (QED) is 0.871. The van der Waals surface area contributed by atoms with Gasteiger partial charge < -0.3 is 10.0 Å². The number of hydrogen-bond donors (Lipinski definition) is 1. The molecule has 21 heavy (non-hydrogen) atoms. The molecule has 0 bridgehead atoms. The van der Waals surface area contributed by atoms with E-state index in [0.717, 1.165) is 25.1 Å². The molecule has 1 amide bonds. The maximum absolute atomic E-state index is 13.0. The zero-order valence-corrected chi connectivity index (χ0v) is 12.6. The largest absolute Gasteiger partial charge is 0.393 e. The number of likely N-dealkylation sites (N-methyl/N-ethyl adjacent to an activating group) is 2. The van der Waals surface area contributed by atoms with Crippen molar-refractivity contribution < 1.29 is 14.3 Å². The molecule has 1 fully saturated rings. The summed E-state index contributed by atoms with van der Waals surface area (Å²) in [5.74, 6) is 0.188. The van der Waals surface area contributed by atoms with Crippen LogP contribution in [0.3, 0.4) is 0 Å². The van der Waals surface area contributed by atoms with E-state index in [1.807, 2.05) is 18.9 Å². The fraction of sp³-hybridized carbons (Fsp3) is 0.562.